The van der Waals surface area contributed by atoms with Crippen LogP contribution in [0.4, 0.5) is 0 Å². The Morgan fingerprint density at radius 2 is 1.00 bits per heavy atom. The van der Waals surface area contributed by atoms with E-state index in [2.05, 4.69) is 37.9 Å². The Morgan fingerprint density at radius 3 is 1.28 bits per heavy atom. The molecule has 32 heavy (non-hydrogen) atoms. The Bertz CT molecular complexity index is 568. The lowest BCUT2D eigenvalue weighted by Gasteiger charge is -2.35. The van der Waals surface area contributed by atoms with Crippen LogP contribution in [0.1, 0.15) is 47.5 Å². The Hall–Kier alpha value is -0.620. The average Bonchev–Trinajstić information content (AvgIpc) is 2.76. The molecule has 11 heteroatoms. The third-order valence-corrected chi connectivity index (χ3v) is 5.87. The Labute approximate surface area is 207 Å². The molecule has 188 valence electrons. The van der Waals surface area contributed by atoms with Gasteiger partial charge in [-0.1, -0.05) is 13.8 Å². The third-order valence-electron chi connectivity index (χ3n) is 5.24. The quantitative estimate of drug-likeness (QED) is 0.141. The van der Waals surface area contributed by atoms with Crippen LogP contribution in [0.2, 0.25) is 0 Å². The van der Waals surface area contributed by atoms with Gasteiger partial charge in [0, 0.05) is 0 Å². The molecule has 0 rings (SSSR count). The van der Waals surface area contributed by atoms with Gasteiger partial charge in [-0.25, -0.2) is 0 Å². The van der Waals surface area contributed by atoms with E-state index in [-0.39, 0.29) is 39.6 Å². The van der Waals surface area contributed by atoms with Crippen LogP contribution in [-0.2, 0) is 33.3 Å². The molecule has 1 N–H and O–H groups in total. The Morgan fingerprint density at radius 1 is 0.688 bits per heavy atom. The maximum Gasteiger partial charge on any atom is 0.318 e. The summed E-state index contributed by atoms with van der Waals surface area (Å²) in [5.41, 5.74) is -1.60. The van der Waals surface area contributed by atoms with Crippen LogP contribution in [0, 0.1) is 10.8 Å². The molecule has 0 aliphatic carbocycles. The standard InChI is InChI=1S/C21H38O8S3/c1-6-20(8-22,11-27-17(23)14(3)30)9-26-10-21(7-2,12-28-18(24)15(4)31)13-29-19(25)16(5)32/h14-16,22,30-32H,6-13H2,1-5H3. The molecule has 0 saturated heterocycles. The molecule has 0 aromatic carbocycles. The molecule has 0 bridgehead atoms. The van der Waals surface area contributed by atoms with Gasteiger partial charge in [0.15, 0.2) is 0 Å². The van der Waals surface area contributed by atoms with Crippen molar-refractivity contribution in [3.05, 3.63) is 0 Å². The van der Waals surface area contributed by atoms with Gasteiger partial charge in [0.2, 0.25) is 0 Å². The third kappa shape index (κ3) is 11.0. The van der Waals surface area contributed by atoms with Gasteiger partial charge >= 0.3 is 17.9 Å². The molecule has 0 spiro atoms. The van der Waals surface area contributed by atoms with Crippen molar-refractivity contribution in [3.8, 4) is 0 Å². The number of rotatable bonds is 16. The molecule has 0 aliphatic heterocycles. The van der Waals surface area contributed by atoms with Gasteiger partial charge in [0.05, 0.1) is 46.4 Å². The van der Waals surface area contributed by atoms with Crippen molar-refractivity contribution >= 4 is 55.8 Å². The van der Waals surface area contributed by atoms with Gasteiger partial charge in [-0.15, -0.1) is 0 Å². The van der Waals surface area contributed by atoms with Crippen molar-refractivity contribution in [2.75, 3.05) is 39.6 Å². The number of ether oxygens (including phenoxy) is 4. The minimum atomic E-state index is -0.804. The summed E-state index contributed by atoms with van der Waals surface area (Å²) in [4.78, 5) is 35.6. The van der Waals surface area contributed by atoms with Crippen LogP contribution in [0.3, 0.4) is 0 Å². The molecular formula is C21H38O8S3. The molecule has 0 aromatic heterocycles. The topological polar surface area (TPSA) is 108 Å². The van der Waals surface area contributed by atoms with Gasteiger partial charge < -0.3 is 24.1 Å². The number of carbonyl (C=O) groups is 3. The summed E-state index contributed by atoms with van der Waals surface area (Å²) in [5.74, 6) is -1.47. The summed E-state index contributed by atoms with van der Waals surface area (Å²) in [6.45, 7) is 8.35. The monoisotopic (exact) mass is 514 g/mol. The fourth-order valence-electron chi connectivity index (χ4n) is 2.40. The van der Waals surface area contributed by atoms with Gasteiger partial charge in [-0.05, 0) is 33.6 Å². The van der Waals surface area contributed by atoms with E-state index in [1.165, 1.54) is 0 Å². The summed E-state index contributed by atoms with van der Waals surface area (Å²) in [6, 6.07) is 0. The smallest absolute Gasteiger partial charge is 0.318 e. The first kappa shape index (κ1) is 31.4. The van der Waals surface area contributed by atoms with Gasteiger partial charge in [0.25, 0.3) is 0 Å². The summed E-state index contributed by atoms with van der Waals surface area (Å²) >= 11 is 12.2. The van der Waals surface area contributed by atoms with Crippen LogP contribution >= 0.6 is 37.9 Å². The van der Waals surface area contributed by atoms with Crippen LogP contribution in [0.15, 0.2) is 0 Å². The van der Waals surface area contributed by atoms with E-state index in [1.807, 2.05) is 13.8 Å². The number of esters is 3. The molecule has 0 saturated carbocycles. The van der Waals surface area contributed by atoms with Crippen molar-refractivity contribution < 1.29 is 38.4 Å². The van der Waals surface area contributed by atoms with Crippen LogP contribution in [0.5, 0.6) is 0 Å². The number of aliphatic hydroxyl groups is 1. The zero-order chi connectivity index (χ0) is 24.9. The summed E-state index contributed by atoms with van der Waals surface area (Å²) in [7, 11) is 0. The van der Waals surface area contributed by atoms with Gasteiger partial charge in [-0.2, -0.15) is 37.9 Å². The van der Waals surface area contributed by atoms with E-state index in [1.54, 1.807) is 20.8 Å². The highest BCUT2D eigenvalue weighted by Gasteiger charge is 2.36. The molecule has 8 nitrogen and oxygen atoms in total. The van der Waals surface area contributed by atoms with Crippen molar-refractivity contribution in [2.45, 2.75) is 63.2 Å². The Balaban J connectivity index is 5.29. The highest BCUT2D eigenvalue weighted by molar-refractivity contribution is 7.82. The first-order valence-electron chi connectivity index (χ1n) is 10.6. The minimum absolute atomic E-state index is 0.0266. The summed E-state index contributed by atoms with van der Waals surface area (Å²) in [5, 5.41) is 8.16. The zero-order valence-electron chi connectivity index (χ0n) is 19.5. The predicted molar refractivity (Wildman–Crippen MR) is 132 cm³/mol. The number of thiol groups is 3. The van der Waals surface area contributed by atoms with E-state index in [0.717, 1.165) is 0 Å². The predicted octanol–water partition coefficient (Wildman–Crippen LogP) is 2.37. The number of hydrogen-bond acceptors (Lipinski definition) is 11. The second-order valence-corrected chi connectivity index (χ2v) is 10.5. The molecule has 4 atom stereocenters. The Kier molecular flexibility index (Phi) is 15.0. The molecule has 4 unspecified atom stereocenters. The molecule has 0 aromatic rings. The van der Waals surface area contributed by atoms with E-state index in [9.17, 15) is 19.5 Å². The van der Waals surface area contributed by atoms with Crippen molar-refractivity contribution in [3.63, 3.8) is 0 Å². The van der Waals surface area contributed by atoms with Crippen molar-refractivity contribution in [1.82, 2.24) is 0 Å². The van der Waals surface area contributed by atoms with E-state index < -0.39 is 44.5 Å². The lowest BCUT2D eigenvalue weighted by atomic mass is 9.86. The van der Waals surface area contributed by atoms with Crippen LogP contribution in [0.25, 0.3) is 0 Å². The highest BCUT2D eigenvalue weighted by Crippen LogP contribution is 2.28. The minimum Gasteiger partial charge on any atom is -0.464 e. The molecule has 0 radical (unpaired) electrons. The molecule has 0 amide bonds. The van der Waals surface area contributed by atoms with E-state index >= 15 is 0 Å². The number of aliphatic hydroxyl groups excluding tert-OH is 1. The largest absolute Gasteiger partial charge is 0.464 e. The van der Waals surface area contributed by atoms with Crippen LogP contribution < -0.4 is 0 Å². The fraction of sp³-hybridized carbons (Fsp3) is 0.857. The first-order chi connectivity index (χ1) is 14.9. The lowest BCUT2D eigenvalue weighted by molar-refractivity contribution is -0.159. The second-order valence-electron chi connectivity index (χ2n) is 8.21. The van der Waals surface area contributed by atoms with Crippen LogP contribution in [-0.4, -0.2) is 78.4 Å². The maximum absolute atomic E-state index is 11.9. The van der Waals surface area contributed by atoms with E-state index in [4.69, 9.17) is 18.9 Å². The lowest BCUT2D eigenvalue weighted by Crippen LogP contribution is -2.42. The number of hydrogen-bond donors (Lipinski definition) is 4. The second kappa shape index (κ2) is 15.3. The summed E-state index contributed by atoms with van der Waals surface area (Å²) in [6.07, 6.45) is 0.981. The molecule has 0 heterocycles. The molecule has 0 fully saturated rings. The number of carbonyl (C=O) groups excluding carboxylic acids is 3. The summed E-state index contributed by atoms with van der Waals surface area (Å²) < 4.78 is 21.9. The van der Waals surface area contributed by atoms with Gasteiger partial charge in [0.1, 0.15) is 19.8 Å². The molecule has 0 aliphatic rings. The van der Waals surface area contributed by atoms with Gasteiger partial charge in [-0.3, -0.25) is 14.4 Å². The SMILES string of the molecule is CCC(CO)(COCC(CC)(COC(=O)C(C)S)COC(=O)C(C)S)COC(=O)C(C)S. The van der Waals surface area contributed by atoms with Crippen molar-refractivity contribution in [2.24, 2.45) is 10.8 Å². The van der Waals surface area contributed by atoms with E-state index in [0.29, 0.717) is 12.8 Å². The zero-order valence-corrected chi connectivity index (χ0v) is 22.2. The normalized spacial score (nSPS) is 17.9. The fourth-order valence-corrected chi connectivity index (χ4v) is 2.62. The first-order valence-corrected chi connectivity index (χ1v) is 12.1. The molecular weight excluding hydrogens is 476 g/mol. The van der Waals surface area contributed by atoms with Crippen molar-refractivity contribution in [1.29, 1.82) is 0 Å². The average molecular weight is 515 g/mol. The highest BCUT2D eigenvalue weighted by atomic mass is 32.1. The maximum atomic E-state index is 11.9.